The molecule has 196 valence electrons. The summed E-state index contributed by atoms with van der Waals surface area (Å²) in [6.07, 6.45) is -8.82. The van der Waals surface area contributed by atoms with Gasteiger partial charge < -0.3 is 8.92 Å². The van der Waals surface area contributed by atoms with Crippen molar-refractivity contribution in [2.75, 3.05) is 0 Å². The number of benzene rings is 3. The van der Waals surface area contributed by atoms with Crippen LogP contribution in [0.3, 0.4) is 0 Å². The first-order valence-electron chi connectivity index (χ1n) is 10.1. The molecule has 3 aromatic carbocycles. The van der Waals surface area contributed by atoms with Crippen molar-refractivity contribution in [1.82, 2.24) is 5.43 Å². The van der Waals surface area contributed by atoms with E-state index in [-0.39, 0.29) is 23.3 Å². The summed E-state index contributed by atoms with van der Waals surface area (Å²) >= 11 is 0. The maximum atomic E-state index is 12.7. The lowest BCUT2D eigenvalue weighted by molar-refractivity contribution is -0.274. The Hall–Kier alpha value is -4.07. The fourth-order valence-electron chi connectivity index (χ4n) is 2.89. The van der Waals surface area contributed by atoms with Crippen LogP contribution in [0.25, 0.3) is 0 Å². The number of hydrazone groups is 1. The van der Waals surface area contributed by atoms with Gasteiger partial charge in [0.25, 0.3) is 0 Å². The number of nitrogens with one attached hydrogen (secondary N) is 1. The minimum Gasteiger partial charge on any atom is -0.406 e. The fourth-order valence-corrected chi connectivity index (χ4v) is 3.85. The second-order valence-corrected chi connectivity index (χ2v) is 8.81. The minimum absolute atomic E-state index is 0.0962. The zero-order valence-corrected chi connectivity index (χ0v) is 19.2. The lowest BCUT2D eigenvalue weighted by Gasteiger charge is -2.11. The van der Waals surface area contributed by atoms with Gasteiger partial charge in [0.2, 0.25) is 5.91 Å². The molecule has 0 unspecified atom stereocenters. The van der Waals surface area contributed by atoms with Gasteiger partial charge in [-0.3, -0.25) is 4.79 Å². The molecule has 0 saturated heterocycles. The molecule has 3 aromatic rings. The van der Waals surface area contributed by atoms with Gasteiger partial charge in [-0.15, -0.1) is 13.2 Å². The van der Waals surface area contributed by atoms with Crippen molar-refractivity contribution in [3.05, 3.63) is 89.5 Å². The molecule has 14 heteroatoms. The van der Waals surface area contributed by atoms with E-state index in [0.29, 0.717) is 12.1 Å². The first-order chi connectivity index (χ1) is 17.2. The summed E-state index contributed by atoms with van der Waals surface area (Å²) < 4.78 is 109. The Balaban J connectivity index is 1.66. The lowest BCUT2D eigenvalue weighted by Crippen LogP contribution is -2.20. The number of hydrogen-bond acceptors (Lipinski definition) is 6. The van der Waals surface area contributed by atoms with Crippen molar-refractivity contribution in [1.29, 1.82) is 0 Å². The van der Waals surface area contributed by atoms with Gasteiger partial charge in [-0.1, -0.05) is 24.3 Å². The highest BCUT2D eigenvalue weighted by atomic mass is 32.2. The summed E-state index contributed by atoms with van der Waals surface area (Å²) in [5.74, 6) is -1.42. The maximum Gasteiger partial charge on any atom is 0.573 e. The van der Waals surface area contributed by atoms with Gasteiger partial charge in [0.15, 0.2) is 5.75 Å². The molecule has 0 heterocycles. The third-order valence-corrected chi connectivity index (χ3v) is 5.73. The number of halogens is 6. The number of carbonyl (C=O) groups is 1. The van der Waals surface area contributed by atoms with Crippen LogP contribution in [0, 0.1) is 0 Å². The average Bonchev–Trinajstić information content (AvgIpc) is 2.78. The molecule has 0 aliphatic heterocycles. The van der Waals surface area contributed by atoms with Gasteiger partial charge in [0, 0.05) is 5.56 Å². The van der Waals surface area contributed by atoms with E-state index in [1.807, 2.05) is 0 Å². The van der Waals surface area contributed by atoms with Crippen molar-refractivity contribution in [3.8, 4) is 11.5 Å². The van der Waals surface area contributed by atoms with E-state index >= 15 is 0 Å². The first-order valence-corrected chi connectivity index (χ1v) is 11.5. The monoisotopic (exact) mass is 546 g/mol. The number of rotatable bonds is 8. The van der Waals surface area contributed by atoms with E-state index in [4.69, 9.17) is 4.18 Å². The standard InChI is InChI=1S/C23H16F6N2O5S/c24-22(25,26)17-8-10-19(11-9-17)37(33,34)36-20-7-2-1-5-16(20)14-30-31-21(32)13-15-4-3-6-18(12-15)35-23(27,28)29/h1-12,14H,13H2,(H,31,32)/b30-14+. The van der Waals surface area contributed by atoms with E-state index in [9.17, 15) is 39.6 Å². The highest BCUT2D eigenvalue weighted by Crippen LogP contribution is 2.30. The van der Waals surface area contributed by atoms with Crippen LogP contribution in [0.15, 0.2) is 82.8 Å². The van der Waals surface area contributed by atoms with E-state index < -0.39 is 44.8 Å². The van der Waals surface area contributed by atoms with Crippen molar-refractivity contribution in [2.24, 2.45) is 5.10 Å². The summed E-state index contributed by atoms with van der Waals surface area (Å²) in [7, 11) is -4.51. The number of amides is 1. The predicted molar refractivity (Wildman–Crippen MR) is 118 cm³/mol. The third-order valence-electron chi connectivity index (χ3n) is 4.48. The van der Waals surface area contributed by atoms with Gasteiger partial charge in [-0.05, 0) is 54.1 Å². The number of carbonyl (C=O) groups excluding carboxylic acids is 1. The first kappa shape index (κ1) is 27.5. The highest BCUT2D eigenvalue weighted by molar-refractivity contribution is 7.87. The Morgan fingerprint density at radius 1 is 0.919 bits per heavy atom. The summed E-state index contributed by atoms with van der Waals surface area (Å²) in [6, 6.07) is 13.1. The van der Waals surface area contributed by atoms with E-state index in [2.05, 4.69) is 15.3 Å². The summed E-state index contributed by atoms with van der Waals surface area (Å²) in [6.45, 7) is 0. The third kappa shape index (κ3) is 8.24. The quantitative estimate of drug-likeness (QED) is 0.184. The molecule has 1 N–H and O–H groups in total. The molecule has 0 bridgehead atoms. The van der Waals surface area contributed by atoms with Crippen LogP contribution in [0.5, 0.6) is 11.5 Å². The molecule has 37 heavy (non-hydrogen) atoms. The number of para-hydroxylation sites is 1. The number of hydrogen-bond donors (Lipinski definition) is 1. The molecule has 0 atom stereocenters. The van der Waals surface area contributed by atoms with Crippen LogP contribution in [0.4, 0.5) is 26.3 Å². The van der Waals surface area contributed by atoms with Crippen LogP contribution in [-0.2, 0) is 27.5 Å². The second kappa shape index (κ2) is 10.9. The number of alkyl halides is 6. The van der Waals surface area contributed by atoms with Crippen molar-refractivity contribution in [2.45, 2.75) is 23.9 Å². The normalized spacial score (nSPS) is 12.4. The fraction of sp³-hybridized carbons (Fsp3) is 0.130. The van der Waals surface area contributed by atoms with E-state index in [1.165, 1.54) is 36.4 Å². The van der Waals surface area contributed by atoms with Gasteiger partial charge in [-0.2, -0.15) is 26.7 Å². The molecule has 1 amide bonds. The molecule has 0 aliphatic rings. The van der Waals surface area contributed by atoms with Crippen molar-refractivity contribution < 1.29 is 48.5 Å². The smallest absolute Gasteiger partial charge is 0.406 e. The number of ether oxygens (including phenoxy) is 1. The molecule has 3 rings (SSSR count). The lowest BCUT2D eigenvalue weighted by atomic mass is 10.1. The molecular weight excluding hydrogens is 530 g/mol. The Bertz CT molecular complexity index is 1390. The van der Waals surface area contributed by atoms with E-state index in [0.717, 1.165) is 30.5 Å². The molecule has 0 aliphatic carbocycles. The predicted octanol–water partition coefficient (Wildman–Crippen LogP) is 5.06. The molecule has 7 nitrogen and oxygen atoms in total. The van der Waals surface area contributed by atoms with Crippen LogP contribution in [0.1, 0.15) is 16.7 Å². The molecule has 0 radical (unpaired) electrons. The average molecular weight is 546 g/mol. The van der Waals surface area contributed by atoms with Crippen LogP contribution in [0.2, 0.25) is 0 Å². The number of nitrogens with zero attached hydrogens (tertiary/aromatic N) is 1. The van der Waals surface area contributed by atoms with Gasteiger partial charge in [-0.25, -0.2) is 5.43 Å². The van der Waals surface area contributed by atoms with Gasteiger partial charge in [0.05, 0.1) is 18.2 Å². The second-order valence-electron chi connectivity index (χ2n) is 7.26. The molecular formula is C23H16F6N2O5S. The summed E-state index contributed by atoms with van der Waals surface area (Å²) in [4.78, 5) is 11.6. The van der Waals surface area contributed by atoms with Crippen molar-refractivity contribution in [3.63, 3.8) is 0 Å². The highest BCUT2D eigenvalue weighted by Gasteiger charge is 2.32. The van der Waals surface area contributed by atoms with Crippen LogP contribution >= 0.6 is 0 Å². The molecule has 0 fully saturated rings. The Labute approximate surface area is 206 Å². The van der Waals surface area contributed by atoms with Crippen molar-refractivity contribution >= 4 is 22.2 Å². The minimum atomic E-state index is -4.89. The largest absolute Gasteiger partial charge is 0.573 e. The SMILES string of the molecule is O=C(Cc1cccc(OC(F)(F)F)c1)N/N=C/c1ccccc1OS(=O)(=O)c1ccc(C(F)(F)F)cc1. The Morgan fingerprint density at radius 2 is 1.59 bits per heavy atom. The van der Waals surface area contributed by atoms with E-state index in [1.54, 1.807) is 0 Å². The zero-order chi connectivity index (χ0) is 27.3. The summed E-state index contributed by atoms with van der Waals surface area (Å²) in [5, 5.41) is 3.69. The van der Waals surface area contributed by atoms with Crippen LogP contribution in [-0.4, -0.2) is 26.9 Å². The Morgan fingerprint density at radius 3 is 2.24 bits per heavy atom. The van der Waals surface area contributed by atoms with Crippen LogP contribution < -0.4 is 14.3 Å². The molecule has 0 spiro atoms. The molecule has 0 aromatic heterocycles. The van der Waals surface area contributed by atoms with Gasteiger partial charge >= 0.3 is 22.7 Å². The summed E-state index contributed by atoms with van der Waals surface area (Å²) in [5.41, 5.74) is 1.42. The maximum absolute atomic E-state index is 12.7. The topological polar surface area (TPSA) is 94.1 Å². The molecule has 0 saturated carbocycles. The zero-order valence-electron chi connectivity index (χ0n) is 18.4. The van der Waals surface area contributed by atoms with Gasteiger partial charge in [0.1, 0.15) is 10.6 Å². The Kier molecular flexibility index (Phi) is 8.11.